The molecular weight excluding hydrogens is 208 g/mol. The third kappa shape index (κ3) is 3.30. The number of hydrogen-bond acceptors (Lipinski definition) is 2. The van der Waals surface area contributed by atoms with Gasteiger partial charge in [0, 0.05) is 31.6 Å². The zero-order chi connectivity index (χ0) is 12.3. The van der Waals surface area contributed by atoms with Crippen LogP contribution < -0.4 is 10.6 Å². The third-order valence-electron chi connectivity index (χ3n) is 3.70. The SMILES string of the molecule is Cc1ccc(C(C)(C)CNCC2CNC2)cc1. The molecule has 2 heteroatoms. The normalized spacial score (nSPS) is 16.9. The summed E-state index contributed by atoms with van der Waals surface area (Å²) in [6.07, 6.45) is 0. The minimum atomic E-state index is 0.213. The lowest BCUT2D eigenvalue weighted by Crippen LogP contribution is -2.48. The second kappa shape index (κ2) is 5.19. The number of benzene rings is 1. The van der Waals surface area contributed by atoms with Crippen LogP contribution in [0.5, 0.6) is 0 Å². The maximum atomic E-state index is 3.60. The highest BCUT2D eigenvalue weighted by Crippen LogP contribution is 2.22. The fraction of sp³-hybridized carbons (Fsp3) is 0.600. The van der Waals surface area contributed by atoms with E-state index in [1.165, 1.54) is 24.2 Å². The second-order valence-electron chi connectivity index (χ2n) is 5.91. The summed E-state index contributed by atoms with van der Waals surface area (Å²) in [6, 6.07) is 8.91. The molecule has 17 heavy (non-hydrogen) atoms. The summed E-state index contributed by atoms with van der Waals surface area (Å²) in [5.74, 6) is 0.837. The lowest BCUT2D eigenvalue weighted by Gasteiger charge is -2.31. The Kier molecular flexibility index (Phi) is 3.85. The van der Waals surface area contributed by atoms with Gasteiger partial charge in [0.25, 0.3) is 0 Å². The average Bonchev–Trinajstić information content (AvgIpc) is 2.22. The van der Waals surface area contributed by atoms with Crippen LogP contribution in [0.3, 0.4) is 0 Å². The smallest absolute Gasteiger partial charge is 0.00433 e. The Morgan fingerprint density at radius 2 is 1.88 bits per heavy atom. The molecule has 0 atom stereocenters. The summed E-state index contributed by atoms with van der Waals surface area (Å²) < 4.78 is 0. The molecule has 1 aliphatic heterocycles. The van der Waals surface area contributed by atoms with Crippen LogP contribution in [0.1, 0.15) is 25.0 Å². The molecule has 94 valence electrons. The lowest BCUT2D eigenvalue weighted by molar-refractivity contribution is 0.319. The quantitative estimate of drug-likeness (QED) is 0.812. The van der Waals surface area contributed by atoms with Crippen LogP contribution in [-0.4, -0.2) is 26.2 Å². The van der Waals surface area contributed by atoms with E-state index in [-0.39, 0.29) is 5.41 Å². The first kappa shape index (κ1) is 12.6. The molecule has 0 saturated carbocycles. The summed E-state index contributed by atoms with van der Waals surface area (Å²) in [4.78, 5) is 0. The standard InChI is InChI=1S/C15H24N2/c1-12-4-6-14(7-5-12)15(2,3)11-17-10-13-8-16-9-13/h4-7,13,16-17H,8-11H2,1-3H3. The van der Waals surface area contributed by atoms with Crippen LogP contribution in [-0.2, 0) is 5.41 Å². The fourth-order valence-corrected chi connectivity index (χ4v) is 2.19. The number of nitrogens with one attached hydrogen (secondary N) is 2. The van der Waals surface area contributed by atoms with Gasteiger partial charge in [-0.3, -0.25) is 0 Å². The van der Waals surface area contributed by atoms with E-state index in [4.69, 9.17) is 0 Å². The van der Waals surface area contributed by atoms with Gasteiger partial charge in [0.1, 0.15) is 0 Å². The molecule has 0 aliphatic carbocycles. The molecule has 0 spiro atoms. The van der Waals surface area contributed by atoms with E-state index < -0.39 is 0 Å². The zero-order valence-corrected chi connectivity index (χ0v) is 11.2. The second-order valence-corrected chi connectivity index (χ2v) is 5.91. The van der Waals surface area contributed by atoms with Gasteiger partial charge in [-0.2, -0.15) is 0 Å². The highest BCUT2D eigenvalue weighted by molar-refractivity contribution is 5.27. The Bertz CT molecular complexity index is 350. The third-order valence-corrected chi connectivity index (χ3v) is 3.70. The van der Waals surface area contributed by atoms with E-state index in [0.29, 0.717) is 0 Å². The van der Waals surface area contributed by atoms with E-state index in [1.54, 1.807) is 0 Å². The summed E-state index contributed by atoms with van der Waals surface area (Å²) in [5.41, 5.74) is 2.96. The number of hydrogen-bond donors (Lipinski definition) is 2. The van der Waals surface area contributed by atoms with E-state index in [1.807, 2.05) is 0 Å². The van der Waals surface area contributed by atoms with Crippen molar-refractivity contribution < 1.29 is 0 Å². The first-order valence-corrected chi connectivity index (χ1v) is 6.56. The molecule has 0 amide bonds. The van der Waals surface area contributed by atoms with Gasteiger partial charge in [0.15, 0.2) is 0 Å². The van der Waals surface area contributed by atoms with Crippen LogP contribution >= 0.6 is 0 Å². The van der Waals surface area contributed by atoms with Crippen molar-refractivity contribution in [2.24, 2.45) is 5.92 Å². The van der Waals surface area contributed by atoms with Crippen LogP contribution in [0.25, 0.3) is 0 Å². The molecule has 1 heterocycles. The van der Waals surface area contributed by atoms with Crippen molar-refractivity contribution >= 4 is 0 Å². The molecule has 1 aromatic rings. The maximum absolute atomic E-state index is 3.60. The van der Waals surface area contributed by atoms with Gasteiger partial charge < -0.3 is 10.6 Å². The van der Waals surface area contributed by atoms with Crippen molar-refractivity contribution in [3.63, 3.8) is 0 Å². The van der Waals surface area contributed by atoms with Gasteiger partial charge in [0.2, 0.25) is 0 Å². The van der Waals surface area contributed by atoms with Crippen LogP contribution in [0, 0.1) is 12.8 Å². The van der Waals surface area contributed by atoms with Gasteiger partial charge in [-0.25, -0.2) is 0 Å². The van der Waals surface area contributed by atoms with Crippen LogP contribution in [0.4, 0.5) is 0 Å². The monoisotopic (exact) mass is 232 g/mol. The van der Waals surface area contributed by atoms with Crippen molar-refractivity contribution in [3.05, 3.63) is 35.4 Å². The largest absolute Gasteiger partial charge is 0.316 e. The Balaban J connectivity index is 1.86. The van der Waals surface area contributed by atoms with Gasteiger partial charge in [0.05, 0.1) is 0 Å². The minimum absolute atomic E-state index is 0.213. The summed E-state index contributed by atoms with van der Waals surface area (Å²) in [7, 11) is 0. The van der Waals surface area contributed by atoms with Crippen LogP contribution in [0.15, 0.2) is 24.3 Å². The first-order valence-electron chi connectivity index (χ1n) is 6.56. The van der Waals surface area contributed by atoms with E-state index in [0.717, 1.165) is 19.0 Å². The predicted molar refractivity (Wildman–Crippen MR) is 73.4 cm³/mol. The van der Waals surface area contributed by atoms with Crippen molar-refractivity contribution in [2.45, 2.75) is 26.2 Å². The molecule has 1 aliphatic rings. The van der Waals surface area contributed by atoms with E-state index >= 15 is 0 Å². The maximum Gasteiger partial charge on any atom is 0.00433 e. The highest BCUT2D eigenvalue weighted by atomic mass is 15.0. The van der Waals surface area contributed by atoms with Crippen molar-refractivity contribution in [1.29, 1.82) is 0 Å². The molecule has 0 radical (unpaired) electrons. The van der Waals surface area contributed by atoms with E-state index in [2.05, 4.69) is 55.7 Å². The van der Waals surface area contributed by atoms with E-state index in [9.17, 15) is 0 Å². The topological polar surface area (TPSA) is 24.1 Å². The van der Waals surface area contributed by atoms with Crippen molar-refractivity contribution in [1.82, 2.24) is 10.6 Å². The molecule has 2 nitrogen and oxygen atoms in total. The Morgan fingerprint density at radius 3 is 2.41 bits per heavy atom. The molecule has 1 fully saturated rings. The molecule has 2 N–H and O–H groups in total. The first-order chi connectivity index (χ1) is 8.08. The van der Waals surface area contributed by atoms with Gasteiger partial charge in [-0.1, -0.05) is 43.7 Å². The Hall–Kier alpha value is -0.860. The van der Waals surface area contributed by atoms with Gasteiger partial charge in [-0.15, -0.1) is 0 Å². The van der Waals surface area contributed by atoms with Crippen LogP contribution in [0.2, 0.25) is 0 Å². The molecule has 2 rings (SSSR count). The summed E-state index contributed by atoms with van der Waals surface area (Å²) >= 11 is 0. The predicted octanol–water partition coefficient (Wildman–Crippen LogP) is 2.08. The summed E-state index contributed by atoms with van der Waals surface area (Å²) in [6.45, 7) is 11.3. The van der Waals surface area contributed by atoms with Gasteiger partial charge in [-0.05, 0) is 18.4 Å². The molecule has 1 saturated heterocycles. The van der Waals surface area contributed by atoms with Crippen molar-refractivity contribution in [3.8, 4) is 0 Å². The molecule has 1 aromatic carbocycles. The van der Waals surface area contributed by atoms with Gasteiger partial charge >= 0.3 is 0 Å². The molecule has 0 aromatic heterocycles. The number of aryl methyl sites for hydroxylation is 1. The summed E-state index contributed by atoms with van der Waals surface area (Å²) in [5, 5.41) is 6.91. The molecular formula is C15H24N2. The Morgan fingerprint density at radius 1 is 1.24 bits per heavy atom. The fourth-order valence-electron chi connectivity index (χ4n) is 2.19. The Labute approximate surface area is 105 Å². The highest BCUT2D eigenvalue weighted by Gasteiger charge is 2.22. The molecule has 0 unspecified atom stereocenters. The minimum Gasteiger partial charge on any atom is -0.316 e. The molecule has 0 bridgehead atoms. The van der Waals surface area contributed by atoms with Crippen molar-refractivity contribution in [2.75, 3.05) is 26.2 Å². The number of rotatable bonds is 5. The lowest BCUT2D eigenvalue weighted by atomic mass is 9.84. The zero-order valence-electron chi connectivity index (χ0n) is 11.2. The average molecular weight is 232 g/mol.